The molecule has 26 heavy (non-hydrogen) atoms. The maximum absolute atomic E-state index is 12.7. The van der Waals surface area contributed by atoms with Crippen LogP contribution in [-0.2, 0) is 26.4 Å². The number of pyridine rings is 1. The van der Waals surface area contributed by atoms with Crippen LogP contribution in [0.4, 0.5) is 0 Å². The van der Waals surface area contributed by atoms with Crippen LogP contribution in [0, 0.1) is 0 Å². The van der Waals surface area contributed by atoms with Gasteiger partial charge in [0.2, 0.25) is 10.0 Å². The van der Waals surface area contributed by atoms with Gasteiger partial charge in [-0.1, -0.05) is 18.2 Å². The van der Waals surface area contributed by atoms with Crippen LogP contribution in [0.25, 0.3) is 5.82 Å². The number of nitrogens with zero attached hydrogens (tertiary/aromatic N) is 3. The fourth-order valence-corrected chi connectivity index (χ4v) is 5.03. The summed E-state index contributed by atoms with van der Waals surface area (Å²) in [5.41, 5.74) is 0.594. The molecule has 0 saturated heterocycles. The standard InChI is InChI=1S/C16H16N4O4S2/c1-25(21,22)14-7-2-3-8-15(14)26(23,24)19-12-13-6-4-9-17-16(13)20-11-5-10-18-20/h2-11,19H,12H2,1H3. The highest BCUT2D eigenvalue weighted by molar-refractivity contribution is 7.93. The van der Waals surface area contributed by atoms with Crippen LogP contribution < -0.4 is 4.72 Å². The zero-order valence-electron chi connectivity index (χ0n) is 13.8. The second-order valence-corrected chi connectivity index (χ2v) is 9.20. The third-order valence-corrected chi connectivity index (χ3v) is 6.32. The van der Waals surface area contributed by atoms with Gasteiger partial charge in [0.15, 0.2) is 15.7 Å². The quantitative estimate of drug-likeness (QED) is 0.674. The molecule has 0 amide bonds. The summed E-state index contributed by atoms with van der Waals surface area (Å²) in [6.45, 7) is -0.0660. The minimum Gasteiger partial charge on any atom is -0.237 e. The first-order valence-corrected chi connectivity index (χ1v) is 10.9. The van der Waals surface area contributed by atoms with Crippen molar-refractivity contribution in [3.63, 3.8) is 0 Å². The number of sulfone groups is 1. The van der Waals surface area contributed by atoms with Gasteiger partial charge in [-0.05, 0) is 24.3 Å². The second-order valence-electron chi connectivity index (χ2n) is 5.48. The summed E-state index contributed by atoms with van der Waals surface area (Å²) in [5, 5.41) is 4.09. The van der Waals surface area contributed by atoms with Gasteiger partial charge in [0.25, 0.3) is 0 Å². The fraction of sp³-hybridized carbons (Fsp3) is 0.125. The van der Waals surface area contributed by atoms with Gasteiger partial charge in [0.1, 0.15) is 4.90 Å². The summed E-state index contributed by atoms with van der Waals surface area (Å²) < 4.78 is 53.0. The molecule has 1 N–H and O–H groups in total. The number of hydrogen-bond donors (Lipinski definition) is 1. The zero-order valence-corrected chi connectivity index (χ0v) is 15.4. The SMILES string of the molecule is CS(=O)(=O)c1ccccc1S(=O)(=O)NCc1cccnc1-n1cccn1. The minimum atomic E-state index is -4.04. The van der Waals surface area contributed by atoms with E-state index in [-0.39, 0.29) is 16.3 Å². The molecule has 0 aliphatic heterocycles. The number of sulfonamides is 1. The first-order valence-electron chi connectivity index (χ1n) is 7.52. The monoisotopic (exact) mass is 392 g/mol. The van der Waals surface area contributed by atoms with Crippen LogP contribution in [0.2, 0.25) is 0 Å². The molecule has 2 aromatic heterocycles. The fourth-order valence-electron chi connectivity index (χ4n) is 2.40. The lowest BCUT2D eigenvalue weighted by molar-refractivity contribution is 0.573. The highest BCUT2D eigenvalue weighted by atomic mass is 32.2. The first kappa shape index (κ1) is 18.2. The van der Waals surface area contributed by atoms with Crippen LogP contribution in [0.5, 0.6) is 0 Å². The third kappa shape index (κ3) is 3.82. The van der Waals surface area contributed by atoms with Crippen LogP contribution >= 0.6 is 0 Å². The molecule has 0 saturated carbocycles. The van der Waals surface area contributed by atoms with Gasteiger partial charge < -0.3 is 0 Å². The van der Waals surface area contributed by atoms with Gasteiger partial charge in [-0.25, -0.2) is 31.2 Å². The zero-order chi connectivity index (χ0) is 18.8. The van der Waals surface area contributed by atoms with E-state index in [4.69, 9.17) is 0 Å². The Morgan fingerprint density at radius 2 is 1.69 bits per heavy atom. The summed E-state index contributed by atoms with van der Waals surface area (Å²) in [5.74, 6) is 0.483. The highest BCUT2D eigenvalue weighted by Crippen LogP contribution is 2.21. The van der Waals surface area contributed by atoms with Crippen LogP contribution in [0.15, 0.2) is 70.8 Å². The molecular formula is C16H16N4O4S2. The van der Waals surface area contributed by atoms with E-state index in [0.29, 0.717) is 11.4 Å². The molecular weight excluding hydrogens is 376 g/mol. The smallest absolute Gasteiger partial charge is 0.237 e. The van der Waals surface area contributed by atoms with Gasteiger partial charge >= 0.3 is 0 Å². The van der Waals surface area contributed by atoms with Crippen molar-refractivity contribution in [1.82, 2.24) is 19.5 Å². The van der Waals surface area contributed by atoms with Gasteiger partial charge in [0.05, 0.1) is 4.90 Å². The van der Waals surface area contributed by atoms with Crippen molar-refractivity contribution < 1.29 is 16.8 Å². The summed E-state index contributed by atoms with van der Waals surface area (Å²) >= 11 is 0. The van der Waals surface area contributed by atoms with Crippen molar-refractivity contribution in [2.24, 2.45) is 0 Å². The normalized spacial score (nSPS) is 12.2. The molecule has 0 atom stereocenters. The lowest BCUT2D eigenvalue weighted by Crippen LogP contribution is -2.25. The van der Waals surface area contributed by atoms with Gasteiger partial charge in [-0.3, -0.25) is 0 Å². The molecule has 0 radical (unpaired) electrons. The van der Waals surface area contributed by atoms with Crippen LogP contribution in [0.1, 0.15) is 5.56 Å². The molecule has 0 aliphatic rings. The summed E-state index contributed by atoms with van der Waals surface area (Å²) in [4.78, 5) is 3.69. The Morgan fingerprint density at radius 3 is 2.35 bits per heavy atom. The van der Waals surface area contributed by atoms with Gasteiger partial charge in [-0.15, -0.1) is 0 Å². The third-order valence-electron chi connectivity index (χ3n) is 3.58. The van der Waals surface area contributed by atoms with Gasteiger partial charge in [0, 0.05) is 37.0 Å². The van der Waals surface area contributed by atoms with E-state index >= 15 is 0 Å². The van der Waals surface area contributed by atoms with E-state index in [1.165, 1.54) is 28.9 Å². The molecule has 1 aromatic carbocycles. The average molecular weight is 392 g/mol. The largest absolute Gasteiger partial charge is 0.242 e. The Kier molecular flexibility index (Phi) is 4.90. The van der Waals surface area contributed by atoms with Crippen molar-refractivity contribution >= 4 is 19.9 Å². The lowest BCUT2D eigenvalue weighted by Gasteiger charge is -2.12. The number of hydrogen-bond acceptors (Lipinski definition) is 6. The summed E-state index contributed by atoms with van der Waals surface area (Å²) in [6.07, 6.45) is 5.83. The Bertz CT molecular complexity index is 1120. The van der Waals surface area contributed by atoms with Crippen molar-refractivity contribution in [3.8, 4) is 5.82 Å². The molecule has 10 heteroatoms. The molecule has 0 aliphatic carbocycles. The van der Waals surface area contributed by atoms with Crippen LogP contribution in [0.3, 0.4) is 0 Å². The van der Waals surface area contributed by atoms with E-state index in [1.54, 1.807) is 36.8 Å². The number of rotatable bonds is 6. The van der Waals surface area contributed by atoms with Gasteiger partial charge in [-0.2, -0.15) is 5.10 Å². The molecule has 0 bridgehead atoms. The molecule has 0 spiro atoms. The first-order chi connectivity index (χ1) is 12.3. The Balaban J connectivity index is 1.92. The van der Waals surface area contributed by atoms with E-state index in [9.17, 15) is 16.8 Å². The molecule has 0 unspecified atom stereocenters. The van der Waals surface area contributed by atoms with E-state index in [2.05, 4.69) is 14.8 Å². The molecule has 2 heterocycles. The highest BCUT2D eigenvalue weighted by Gasteiger charge is 2.23. The number of nitrogens with one attached hydrogen (secondary N) is 1. The summed E-state index contributed by atoms with van der Waals surface area (Å²) in [6, 6.07) is 10.6. The Morgan fingerprint density at radius 1 is 0.962 bits per heavy atom. The molecule has 3 aromatic rings. The van der Waals surface area contributed by atoms with E-state index in [1.807, 2.05) is 0 Å². The van der Waals surface area contributed by atoms with E-state index < -0.39 is 19.9 Å². The Hall–Kier alpha value is -2.56. The average Bonchev–Trinajstić information content (AvgIpc) is 3.14. The maximum Gasteiger partial charge on any atom is 0.242 e. The van der Waals surface area contributed by atoms with Crippen molar-refractivity contribution in [2.75, 3.05) is 6.26 Å². The second kappa shape index (κ2) is 6.98. The minimum absolute atomic E-state index is 0.0660. The number of aromatic nitrogens is 3. The van der Waals surface area contributed by atoms with Crippen molar-refractivity contribution in [2.45, 2.75) is 16.3 Å². The van der Waals surface area contributed by atoms with Crippen LogP contribution in [-0.4, -0.2) is 37.9 Å². The number of benzene rings is 1. The maximum atomic E-state index is 12.7. The topological polar surface area (TPSA) is 111 Å². The van der Waals surface area contributed by atoms with Crippen molar-refractivity contribution in [1.29, 1.82) is 0 Å². The lowest BCUT2D eigenvalue weighted by atomic mass is 10.2. The molecule has 136 valence electrons. The summed E-state index contributed by atoms with van der Waals surface area (Å²) in [7, 11) is -7.73. The Labute approximate surface area is 151 Å². The van der Waals surface area contributed by atoms with Crippen molar-refractivity contribution in [3.05, 3.63) is 66.6 Å². The van der Waals surface area contributed by atoms with E-state index in [0.717, 1.165) is 6.26 Å². The molecule has 8 nitrogen and oxygen atoms in total. The molecule has 3 rings (SSSR count). The predicted molar refractivity (Wildman–Crippen MR) is 94.9 cm³/mol. The predicted octanol–water partition coefficient (Wildman–Crippen LogP) is 1.15. The molecule has 0 fully saturated rings.